The van der Waals surface area contributed by atoms with E-state index in [4.69, 9.17) is 16.7 Å². The second-order valence-electron chi connectivity index (χ2n) is 7.13. The Morgan fingerprint density at radius 2 is 1.50 bits per heavy atom. The molecule has 1 atom stereocenters. The second kappa shape index (κ2) is 8.23. The van der Waals surface area contributed by atoms with Crippen LogP contribution in [-0.2, 0) is 19.6 Å². The van der Waals surface area contributed by atoms with Gasteiger partial charge in [0.25, 0.3) is 11.7 Å². The van der Waals surface area contributed by atoms with E-state index in [-0.39, 0.29) is 21.9 Å². The fourth-order valence-electron chi connectivity index (χ4n) is 3.61. The molecule has 0 saturated carbocycles. The Hall–Kier alpha value is -3.46. The number of nitrogens with two attached hydrogens (primary N) is 1. The molecule has 0 bridgehead atoms. The van der Waals surface area contributed by atoms with E-state index in [1.54, 1.807) is 54.6 Å². The van der Waals surface area contributed by atoms with Crippen LogP contribution in [0.25, 0.3) is 5.76 Å². The number of carbonyl (C=O) groups is 2. The molecular formula is C23H17ClN2O5S. The third kappa shape index (κ3) is 3.91. The molecule has 0 aromatic heterocycles. The Morgan fingerprint density at radius 1 is 0.906 bits per heavy atom. The number of hydrogen-bond donors (Lipinski definition) is 2. The van der Waals surface area contributed by atoms with E-state index in [0.717, 1.165) is 0 Å². The maximum absolute atomic E-state index is 13.0. The molecule has 0 spiro atoms. The predicted molar refractivity (Wildman–Crippen MR) is 120 cm³/mol. The fraction of sp³-hybridized carbons (Fsp3) is 0.0435. The zero-order chi connectivity index (χ0) is 23.0. The average Bonchev–Trinajstić information content (AvgIpc) is 3.04. The fourth-order valence-corrected chi connectivity index (χ4v) is 4.25. The van der Waals surface area contributed by atoms with Gasteiger partial charge in [-0.15, -0.1) is 0 Å². The number of anilines is 1. The van der Waals surface area contributed by atoms with Crippen molar-refractivity contribution in [3.05, 3.63) is 101 Å². The van der Waals surface area contributed by atoms with Crippen molar-refractivity contribution in [1.29, 1.82) is 0 Å². The normalized spacial score (nSPS) is 18.2. The Labute approximate surface area is 189 Å². The van der Waals surface area contributed by atoms with Gasteiger partial charge in [-0.1, -0.05) is 41.9 Å². The minimum atomic E-state index is -3.93. The maximum atomic E-state index is 13.0. The number of aliphatic hydroxyl groups is 1. The van der Waals surface area contributed by atoms with Crippen molar-refractivity contribution < 1.29 is 23.1 Å². The van der Waals surface area contributed by atoms with Gasteiger partial charge in [0.15, 0.2) is 0 Å². The molecule has 1 aliphatic heterocycles. The Kier molecular flexibility index (Phi) is 5.60. The van der Waals surface area contributed by atoms with Crippen LogP contribution in [0.4, 0.5) is 5.69 Å². The summed E-state index contributed by atoms with van der Waals surface area (Å²) < 4.78 is 23.2. The van der Waals surface area contributed by atoms with Crippen molar-refractivity contribution in [2.45, 2.75) is 10.9 Å². The van der Waals surface area contributed by atoms with E-state index in [1.165, 1.54) is 29.2 Å². The summed E-state index contributed by atoms with van der Waals surface area (Å²) in [5.74, 6) is -2.04. The van der Waals surface area contributed by atoms with Gasteiger partial charge in [0.05, 0.1) is 16.5 Å². The lowest BCUT2D eigenvalue weighted by Gasteiger charge is -2.25. The highest BCUT2D eigenvalue weighted by Gasteiger charge is 2.46. The van der Waals surface area contributed by atoms with Gasteiger partial charge in [-0.25, -0.2) is 13.6 Å². The molecule has 9 heteroatoms. The van der Waals surface area contributed by atoms with Crippen molar-refractivity contribution in [1.82, 2.24) is 0 Å². The average molecular weight is 469 g/mol. The number of hydrogen-bond acceptors (Lipinski definition) is 5. The zero-order valence-corrected chi connectivity index (χ0v) is 18.0. The van der Waals surface area contributed by atoms with E-state index in [2.05, 4.69) is 0 Å². The van der Waals surface area contributed by atoms with E-state index in [0.29, 0.717) is 16.1 Å². The number of ketones is 1. The Balaban J connectivity index is 1.90. The van der Waals surface area contributed by atoms with Crippen LogP contribution in [0.15, 0.2) is 89.3 Å². The number of primary sulfonamides is 1. The van der Waals surface area contributed by atoms with Crippen LogP contribution in [0.1, 0.15) is 17.2 Å². The van der Waals surface area contributed by atoms with E-state index in [1.807, 2.05) is 0 Å². The van der Waals surface area contributed by atoms with Crippen molar-refractivity contribution in [3.63, 3.8) is 0 Å². The summed E-state index contributed by atoms with van der Waals surface area (Å²) in [4.78, 5) is 27.2. The second-order valence-corrected chi connectivity index (χ2v) is 9.12. The summed E-state index contributed by atoms with van der Waals surface area (Å²) in [6.45, 7) is 0. The van der Waals surface area contributed by atoms with Crippen LogP contribution in [0, 0.1) is 0 Å². The number of aliphatic hydroxyl groups excluding tert-OH is 1. The number of nitrogens with zero attached hydrogens (tertiary/aromatic N) is 1. The molecule has 3 aromatic rings. The maximum Gasteiger partial charge on any atom is 0.300 e. The van der Waals surface area contributed by atoms with Crippen molar-refractivity contribution in [2.24, 2.45) is 5.14 Å². The van der Waals surface area contributed by atoms with Gasteiger partial charge in [-0.3, -0.25) is 14.5 Å². The molecule has 0 unspecified atom stereocenters. The predicted octanol–water partition coefficient (Wildman–Crippen LogP) is 3.61. The number of benzene rings is 3. The van der Waals surface area contributed by atoms with Gasteiger partial charge in [-0.05, 0) is 54.1 Å². The summed E-state index contributed by atoms with van der Waals surface area (Å²) in [6, 6.07) is 19.4. The Morgan fingerprint density at radius 3 is 2.06 bits per heavy atom. The molecule has 1 aliphatic rings. The first-order valence-corrected chi connectivity index (χ1v) is 11.4. The monoisotopic (exact) mass is 468 g/mol. The first kappa shape index (κ1) is 21.8. The van der Waals surface area contributed by atoms with Crippen LogP contribution in [0.5, 0.6) is 0 Å². The summed E-state index contributed by atoms with van der Waals surface area (Å²) in [6.07, 6.45) is 0. The van der Waals surface area contributed by atoms with Crippen LogP contribution >= 0.6 is 11.6 Å². The summed E-state index contributed by atoms with van der Waals surface area (Å²) in [5, 5.41) is 16.6. The zero-order valence-electron chi connectivity index (χ0n) is 16.5. The molecular weight excluding hydrogens is 452 g/mol. The molecule has 32 heavy (non-hydrogen) atoms. The van der Waals surface area contributed by atoms with Crippen LogP contribution in [-0.4, -0.2) is 25.2 Å². The summed E-state index contributed by atoms with van der Waals surface area (Å²) in [7, 11) is -3.93. The Bertz CT molecular complexity index is 1340. The molecule has 1 amide bonds. The molecule has 1 heterocycles. The molecule has 0 aliphatic carbocycles. The highest BCUT2D eigenvalue weighted by atomic mass is 35.5. The van der Waals surface area contributed by atoms with Gasteiger partial charge >= 0.3 is 0 Å². The van der Waals surface area contributed by atoms with Gasteiger partial charge < -0.3 is 5.11 Å². The van der Waals surface area contributed by atoms with Gasteiger partial charge in [-0.2, -0.15) is 0 Å². The number of sulfonamides is 1. The molecule has 4 rings (SSSR count). The third-order valence-corrected chi connectivity index (χ3v) is 6.30. The van der Waals surface area contributed by atoms with E-state index in [9.17, 15) is 23.1 Å². The van der Waals surface area contributed by atoms with E-state index >= 15 is 0 Å². The number of halogens is 1. The first-order valence-electron chi connectivity index (χ1n) is 9.43. The smallest absolute Gasteiger partial charge is 0.300 e. The highest BCUT2D eigenvalue weighted by molar-refractivity contribution is 7.89. The molecule has 1 saturated heterocycles. The topological polar surface area (TPSA) is 118 Å². The molecule has 3 N–H and O–H groups in total. The van der Waals surface area contributed by atoms with E-state index < -0.39 is 27.8 Å². The summed E-state index contributed by atoms with van der Waals surface area (Å²) >= 11 is 5.92. The lowest BCUT2D eigenvalue weighted by Crippen LogP contribution is -2.29. The molecule has 3 aromatic carbocycles. The highest BCUT2D eigenvalue weighted by Crippen LogP contribution is 2.42. The minimum absolute atomic E-state index is 0.0842. The largest absolute Gasteiger partial charge is 0.507 e. The summed E-state index contributed by atoms with van der Waals surface area (Å²) in [5.41, 5.74) is 1.12. The van der Waals surface area contributed by atoms with Gasteiger partial charge in [0.1, 0.15) is 5.76 Å². The molecule has 7 nitrogen and oxygen atoms in total. The number of Topliss-reactive ketones (excluding diaryl/α,β-unsaturated/α-hetero) is 1. The number of rotatable bonds is 4. The first-order chi connectivity index (χ1) is 15.2. The minimum Gasteiger partial charge on any atom is -0.507 e. The number of carbonyl (C=O) groups excluding carboxylic acids is 2. The third-order valence-electron chi connectivity index (χ3n) is 5.12. The van der Waals surface area contributed by atoms with Crippen molar-refractivity contribution in [3.8, 4) is 0 Å². The van der Waals surface area contributed by atoms with Gasteiger partial charge in [0.2, 0.25) is 10.0 Å². The number of amides is 1. The molecule has 0 radical (unpaired) electrons. The van der Waals surface area contributed by atoms with Crippen molar-refractivity contribution >= 4 is 44.8 Å². The molecule has 1 fully saturated rings. The van der Waals surface area contributed by atoms with Crippen molar-refractivity contribution in [2.75, 3.05) is 4.90 Å². The lowest BCUT2D eigenvalue weighted by atomic mass is 9.95. The molecule has 162 valence electrons. The standard InChI is InChI=1S/C23H17ClN2O5S/c24-16-8-6-15(7-9-16)21(27)19-20(14-4-2-1-3-5-14)26(23(29)22(19)28)17-10-12-18(13-11-17)32(25,30)31/h1-13,20,27H,(H2,25,30,31)/t20-/m0/s1. The SMILES string of the molecule is NS(=O)(=O)c1ccc(N2C(=O)C(=O)C(=C(O)c3ccc(Cl)cc3)[C@@H]2c2ccccc2)cc1. The van der Waals surface area contributed by atoms with Crippen LogP contribution in [0.2, 0.25) is 5.02 Å². The quantitative estimate of drug-likeness (QED) is 0.344. The van der Waals surface area contributed by atoms with Gasteiger partial charge in [0, 0.05) is 16.3 Å². The van der Waals surface area contributed by atoms with Crippen LogP contribution < -0.4 is 10.0 Å². The lowest BCUT2D eigenvalue weighted by molar-refractivity contribution is -0.132. The van der Waals surface area contributed by atoms with Crippen LogP contribution in [0.3, 0.4) is 0 Å².